The predicted molar refractivity (Wildman–Crippen MR) is 114 cm³/mol. The zero-order valence-corrected chi connectivity index (χ0v) is 16.5. The number of hydrogen-bond acceptors (Lipinski definition) is 2. The van der Waals surface area contributed by atoms with E-state index in [1.54, 1.807) is 0 Å². The van der Waals surface area contributed by atoms with E-state index in [1.165, 1.54) is 29.2 Å². The van der Waals surface area contributed by atoms with Crippen molar-refractivity contribution in [3.05, 3.63) is 60.2 Å². The summed E-state index contributed by atoms with van der Waals surface area (Å²) in [5.74, 6) is 6.42. The summed E-state index contributed by atoms with van der Waals surface area (Å²) in [7, 11) is 0. The minimum absolute atomic E-state index is 0.309. The summed E-state index contributed by atoms with van der Waals surface area (Å²) in [6.45, 7) is 10.6. The summed E-state index contributed by atoms with van der Waals surface area (Å²) in [6.07, 6.45) is 6.46. The Kier molecular flexibility index (Phi) is 8.96. The zero-order chi connectivity index (χ0) is 18.6. The number of nitrogens with zero attached hydrogens (tertiary/aromatic N) is 1. The van der Waals surface area contributed by atoms with Gasteiger partial charge in [-0.25, -0.2) is 0 Å². The highest BCUT2D eigenvalue weighted by atomic mass is 15.1. The second-order valence-electron chi connectivity index (χ2n) is 6.70. The molecule has 0 aliphatic heterocycles. The molecule has 0 unspecified atom stereocenters. The Morgan fingerprint density at radius 1 is 1.04 bits per heavy atom. The van der Waals surface area contributed by atoms with Crippen LogP contribution in [-0.4, -0.2) is 31.1 Å². The van der Waals surface area contributed by atoms with Crippen LogP contribution in [0.3, 0.4) is 0 Å². The van der Waals surface area contributed by atoms with Crippen LogP contribution >= 0.6 is 0 Å². The van der Waals surface area contributed by atoms with Crippen molar-refractivity contribution >= 4 is 10.8 Å². The molecular formula is C24H32N2. The summed E-state index contributed by atoms with van der Waals surface area (Å²) in [6, 6.07) is 15.4. The second kappa shape index (κ2) is 11.5. The molecule has 0 saturated heterocycles. The van der Waals surface area contributed by atoms with Crippen LogP contribution < -0.4 is 5.32 Å². The van der Waals surface area contributed by atoms with Crippen LogP contribution in [0, 0.1) is 11.8 Å². The molecule has 0 aliphatic carbocycles. The largest absolute Gasteiger partial charge is 0.307 e. The fraction of sp³-hybridized carbons (Fsp3) is 0.417. The van der Waals surface area contributed by atoms with E-state index in [2.05, 4.69) is 91.4 Å². The van der Waals surface area contributed by atoms with Crippen LogP contribution in [0.5, 0.6) is 0 Å². The molecule has 0 heterocycles. The van der Waals surface area contributed by atoms with Crippen molar-refractivity contribution in [2.24, 2.45) is 0 Å². The fourth-order valence-corrected chi connectivity index (χ4v) is 3.22. The summed E-state index contributed by atoms with van der Waals surface area (Å²) >= 11 is 0. The normalized spacial score (nSPS) is 12.5. The second-order valence-corrected chi connectivity index (χ2v) is 6.70. The third kappa shape index (κ3) is 6.33. The molecule has 0 amide bonds. The molecular weight excluding hydrogens is 316 g/mol. The molecule has 2 nitrogen and oxygen atoms in total. The van der Waals surface area contributed by atoms with E-state index < -0.39 is 0 Å². The van der Waals surface area contributed by atoms with Crippen LogP contribution in [0.2, 0.25) is 0 Å². The highest BCUT2D eigenvalue weighted by Gasteiger charge is 2.07. The third-order valence-electron chi connectivity index (χ3n) is 4.52. The van der Waals surface area contributed by atoms with Crippen LogP contribution in [-0.2, 0) is 0 Å². The SMILES string of the molecule is CCCN(CC#CC=CCN[C@H](C)c1cccc2ccccc12)CCC. The number of rotatable bonds is 9. The van der Waals surface area contributed by atoms with Crippen LogP contribution in [0.1, 0.15) is 45.2 Å². The van der Waals surface area contributed by atoms with Crippen molar-refractivity contribution in [1.29, 1.82) is 0 Å². The highest BCUT2D eigenvalue weighted by Crippen LogP contribution is 2.23. The van der Waals surface area contributed by atoms with Gasteiger partial charge in [0.05, 0.1) is 6.54 Å². The Morgan fingerprint density at radius 3 is 2.54 bits per heavy atom. The molecule has 2 heteroatoms. The van der Waals surface area contributed by atoms with E-state index in [4.69, 9.17) is 0 Å². The lowest BCUT2D eigenvalue weighted by atomic mass is 10.00. The van der Waals surface area contributed by atoms with Crippen molar-refractivity contribution < 1.29 is 0 Å². The van der Waals surface area contributed by atoms with Gasteiger partial charge in [0, 0.05) is 12.6 Å². The van der Waals surface area contributed by atoms with Gasteiger partial charge < -0.3 is 5.32 Å². The summed E-state index contributed by atoms with van der Waals surface area (Å²) in [5, 5.41) is 6.19. The summed E-state index contributed by atoms with van der Waals surface area (Å²) in [5.41, 5.74) is 1.34. The van der Waals surface area contributed by atoms with Gasteiger partial charge in [-0.1, -0.05) is 74.2 Å². The first-order valence-corrected chi connectivity index (χ1v) is 9.83. The molecule has 0 aliphatic rings. The predicted octanol–water partition coefficient (Wildman–Crippen LogP) is 5.17. The molecule has 0 saturated carbocycles. The number of benzene rings is 2. The number of allylic oxidation sites excluding steroid dienone is 1. The smallest absolute Gasteiger partial charge is 0.0605 e. The summed E-state index contributed by atoms with van der Waals surface area (Å²) in [4.78, 5) is 2.42. The van der Waals surface area contributed by atoms with Gasteiger partial charge in [0.25, 0.3) is 0 Å². The first-order valence-electron chi connectivity index (χ1n) is 9.83. The minimum Gasteiger partial charge on any atom is -0.307 e. The van der Waals surface area contributed by atoms with E-state index in [0.717, 1.165) is 26.2 Å². The lowest BCUT2D eigenvalue weighted by Crippen LogP contribution is -2.25. The lowest BCUT2D eigenvalue weighted by molar-refractivity contribution is 0.308. The van der Waals surface area contributed by atoms with Crippen molar-refractivity contribution in [3.63, 3.8) is 0 Å². The first kappa shape index (κ1) is 20.2. The van der Waals surface area contributed by atoms with Gasteiger partial charge in [0.15, 0.2) is 0 Å². The number of nitrogens with one attached hydrogen (secondary N) is 1. The molecule has 0 spiro atoms. The molecule has 2 aromatic carbocycles. The molecule has 0 fully saturated rings. The van der Waals surface area contributed by atoms with Crippen LogP contribution in [0.4, 0.5) is 0 Å². The molecule has 138 valence electrons. The van der Waals surface area contributed by atoms with E-state index in [-0.39, 0.29) is 0 Å². The average molecular weight is 349 g/mol. The third-order valence-corrected chi connectivity index (χ3v) is 4.52. The van der Waals surface area contributed by atoms with Gasteiger partial charge in [0.2, 0.25) is 0 Å². The van der Waals surface area contributed by atoms with E-state index in [9.17, 15) is 0 Å². The maximum atomic E-state index is 3.57. The summed E-state index contributed by atoms with van der Waals surface area (Å²) < 4.78 is 0. The average Bonchev–Trinajstić information content (AvgIpc) is 2.67. The molecule has 26 heavy (non-hydrogen) atoms. The highest BCUT2D eigenvalue weighted by molar-refractivity contribution is 5.86. The maximum absolute atomic E-state index is 3.57. The number of fused-ring (bicyclic) bond motifs is 1. The monoisotopic (exact) mass is 348 g/mol. The minimum atomic E-state index is 0.309. The van der Waals surface area contributed by atoms with Gasteiger partial charge in [-0.15, -0.1) is 0 Å². The Morgan fingerprint density at radius 2 is 1.77 bits per heavy atom. The van der Waals surface area contributed by atoms with Crippen molar-refractivity contribution in [3.8, 4) is 11.8 Å². The molecule has 2 rings (SSSR count). The standard InChI is InChI=1S/C24H32N2/c1-4-18-26(19-5-2)20-11-7-6-10-17-25-21(3)23-16-12-14-22-13-8-9-15-24(22)23/h6,8-10,12-16,21,25H,4-5,17-20H2,1-3H3/t21-/m1/s1. The molecule has 0 aromatic heterocycles. The van der Waals surface area contributed by atoms with Crippen molar-refractivity contribution in [2.45, 2.75) is 39.7 Å². The molecule has 0 bridgehead atoms. The lowest BCUT2D eigenvalue weighted by Gasteiger charge is -2.17. The van der Waals surface area contributed by atoms with Crippen LogP contribution in [0.15, 0.2) is 54.6 Å². The van der Waals surface area contributed by atoms with Crippen molar-refractivity contribution in [2.75, 3.05) is 26.2 Å². The quantitative estimate of drug-likeness (QED) is 0.629. The van der Waals surface area contributed by atoms with Gasteiger partial charge in [-0.05, 0) is 55.3 Å². The maximum Gasteiger partial charge on any atom is 0.0605 e. The Hall–Kier alpha value is -2.08. The fourth-order valence-electron chi connectivity index (χ4n) is 3.22. The van der Waals surface area contributed by atoms with Crippen molar-refractivity contribution in [1.82, 2.24) is 10.2 Å². The number of hydrogen-bond donors (Lipinski definition) is 1. The Bertz CT molecular complexity index is 740. The van der Waals surface area contributed by atoms with E-state index >= 15 is 0 Å². The van der Waals surface area contributed by atoms with Crippen LogP contribution in [0.25, 0.3) is 10.8 Å². The molecule has 1 N–H and O–H groups in total. The molecule has 0 radical (unpaired) electrons. The molecule has 1 atom stereocenters. The van der Waals surface area contributed by atoms with Gasteiger partial charge >= 0.3 is 0 Å². The van der Waals surface area contributed by atoms with E-state index in [0.29, 0.717) is 6.04 Å². The zero-order valence-electron chi connectivity index (χ0n) is 16.5. The van der Waals surface area contributed by atoms with Gasteiger partial charge in [0.1, 0.15) is 0 Å². The first-order chi connectivity index (χ1) is 12.8. The topological polar surface area (TPSA) is 15.3 Å². The van der Waals surface area contributed by atoms with E-state index in [1.807, 2.05) is 6.08 Å². The van der Waals surface area contributed by atoms with Gasteiger partial charge in [-0.2, -0.15) is 0 Å². The molecule has 2 aromatic rings. The Balaban J connectivity index is 1.82. The van der Waals surface area contributed by atoms with Gasteiger partial charge in [-0.3, -0.25) is 4.90 Å². The Labute approximate surface area is 159 Å².